The Labute approximate surface area is 134 Å². The zero-order chi connectivity index (χ0) is 16.5. The molecule has 23 heavy (non-hydrogen) atoms. The van der Waals surface area contributed by atoms with Crippen LogP contribution in [0.2, 0.25) is 0 Å². The van der Waals surface area contributed by atoms with Crippen molar-refractivity contribution < 1.29 is 14.3 Å². The van der Waals surface area contributed by atoms with Gasteiger partial charge in [0.15, 0.2) is 0 Å². The molecule has 0 aliphatic heterocycles. The Bertz CT molecular complexity index is 659. The van der Waals surface area contributed by atoms with Crippen LogP contribution >= 0.6 is 0 Å². The second-order valence-electron chi connectivity index (χ2n) is 4.86. The third-order valence-corrected chi connectivity index (χ3v) is 3.05. The highest BCUT2D eigenvalue weighted by Gasteiger charge is 2.14. The van der Waals surface area contributed by atoms with E-state index in [1.807, 2.05) is 6.92 Å². The molecular weight excluding hydrogens is 294 g/mol. The molecule has 0 radical (unpaired) electrons. The number of carbonyl (C=O) groups is 2. The van der Waals surface area contributed by atoms with E-state index in [0.29, 0.717) is 23.5 Å². The monoisotopic (exact) mass is 313 g/mol. The van der Waals surface area contributed by atoms with E-state index in [0.717, 1.165) is 12.8 Å². The smallest absolute Gasteiger partial charge is 0.340 e. The van der Waals surface area contributed by atoms with Crippen LogP contribution in [0.25, 0.3) is 0 Å². The van der Waals surface area contributed by atoms with Gasteiger partial charge in [0.25, 0.3) is 0 Å². The van der Waals surface area contributed by atoms with Gasteiger partial charge in [0.2, 0.25) is 0 Å². The Balaban J connectivity index is 2.02. The third kappa shape index (κ3) is 5.10. The number of nitrogens with zero attached hydrogens (tertiary/aromatic N) is 1. The molecule has 6 heteroatoms. The number of hydrogen-bond donors (Lipinski definition) is 2. The predicted molar refractivity (Wildman–Crippen MR) is 88.5 cm³/mol. The molecular formula is C17H19N3O3. The standard InChI is InChI=1S/C17H19N3O3/c1-2-3-11-23-16(21)14-8-4-5-9-15(14)20-17(22)19-13-7-6-10-18-12-13/h4-10,12H,2-3,11H2,1H3,(H2,19,20,22). The number of hydrogen-bond acceptors (Lipinski definition) is 4. The van der Waals surface area contributed by atoms with E-state index in [1.165, 1.54) is 6.20 Å². The molecule has 2 aromatic rings. The summed E-state index contributed by atoms with van der Waals surface area (Å²) in [5, 5.41) is 5.30. The molecule has 0 saturated heterocycles. The summed E-state index contributed by atoms with van der Waals surface area (Å²) in [4.78, 5) is 28.0. The van der Waals surface area contributed by atoms with E-state index in [9.17, 15) is 9.59 Å². The minimum absolute atomic E-state index is 0.324. The van der Waals surface area contributed by atoms with Crippen molar-refractivity contribution in [3.63, 3.8) is 0 Å². The van der Waals surface area contributed by atoms with Crippen LogP contribution in [0.4, 0.5) is 16.2 Å². The van der Waals surface area contributed by atoms with Crippen molar-refractivity contribution in [3.8, 4) is 0 Å². The SMILES string of the molecule is CCCCOC(=O)c1ccccc1NC(=O)Nc1cccnc1. The normalized spacial score (nSPS) is 9.96. The molecule has 0 saturated carbocycles. The Kier molecular flexibility index (Phi) is 6.11. The number of benzene rings is 1. The van der Waals surface area contributed by atoms with Crippen molar-refractivity contribution in [1.29, 1.82) is 0 Å². The van der Waals surface area contributed by atoms with Gasteiger partial charge < -0.3 is 15.4 Å². The molecule has 0 spiro atoms. The second kappa shape index (κ2) is 8.53. The van der Waals surface area contributed by atoms with Crippen molar-refractivity contribution >= 4 is 23.4 Å². The molecule has 2 rings (SSSR count). The zero-order valence-electron chi connectivity index (χ0n) is 12.9. The molecule has 0 aliphatic carbocycles. The largest absolute Gasteiger partial charge is 0.462 e. The van der Waals surface area contributed by atoms with Gasteiger partial charge in [0.1, 0.15) is 0 Å². The van der Waals surface area contributed by atoms with Crippen LogP contribution < -0.4 is 10.6 Å². The molecule has 2 amide bonds. The lowest BCUT2D eigenvalue weighted by Crippen LogP contribution is -2.21. The first-order valence-corrected chi connectivity index (χ1v) is 7.45. The highest BCUT2D eigenvalue weighted by atomic mass is 16.5. The number of anilines is 2. The lowest BCUT2D eigenvalue weighted by Gasteiger charge is -2.11. The summed E-state index contributed by atoms with van der Waals surface area (Å²) < 4.78 is 5.19. The molecule has 6 nitrogen and oxygen atoms in total. The average molecular weight is 313 g/mol. The molecule has 0 unspecified atom stereocenters. The highest BCUT2D eigenvalue weighted by molar-refractivity contribution is 6.04. The van der Waals surface area contributed by atoms with Gasteiger partial charge in [-0.05, 0) is 30.7 Å². The minimum atomic E-state index is -0.452. The number of nitrogens with one attached hydrogen (secondary N) is 2. The van der Waals surface area contributed by atoms with Gasteiger partial charge in [-0.25, -0.2) is 9.59 Å². The second-order valence-corrected chi connectivity index (χ2v) is 4.86. The summed E-state index contributed by atoms with van der Waals surface area (Å²) >= 11 is 0. The Morgan fingerprint density at radius 1 is 1.13 bits per heavy atom. The number of pyridine rings is 1. The van der Waals surface area contributed by atoms with E-state index < -0.39 is 12.0 Å². The summed E-state index contributed by atoms with van der Waals surface area (Å²) in [7, 11) is 0. The van der Waals surface area contributed by atoms with Crippen molar-refractivity contribution in [2.75, 3.05) is 17.2 Å². The van der Waals surface area contributed by atoms with Crippen LogP contribution in [0.1, 0.15) is 30.1 Å². The molecule has 2 N–H and O–H groups in total. The minimum Gasteiger partial charge on any atom is -0.462 e. The topological polar surface area (TPSA) is 80.3 Å². The number of unbranched alkanes of at least 4 members (excludes halogenated alkanes) is 1. The lowest BCUT2D eigenvalue weighted by molar-refractivity contribution is 0.0501. The summed E-state index contributed by atoms with van der Waals surface area (Å²) in [6.07, 6.45) is 4.90. The number of ether oxygens (including phenoxy) is 1. The number of rotatable bonds is 6. The maximum Gasteiger partial charge on any atom is 0.340 e. The maximum atomic E-state index is 12.1. The van der Waals surface area contributed by atoms with Gasteiger partial charge in [-0.15, -0.1) is 0 Å². The van der Waals surface area contributed by atoms with E-state index in [2.05, 4.69) is 15.6 Å². The molecule has 0 bridgehead atoms. The number of aromatic nitrogens is 1. The van der Waals surface area contributed by atoms with Gasteiger partial charge in [0, 0.05) is 6.20 Å². The fraction of sp³-hybridized carbons (Fsp3) is 0.235. The Morgan fingerprint density at radius 3 is 2.70 bits per heavy atom. The highest BCUT2D eigenvalue weighted by Crippen LogP contribution is 2.17. The fourth-order valence-electron chi connectivity index (χ4n) is 1.88. The number of amides is 2. The first kappa shape index (κ1) is 16.5. The van der Waals surface area contributed by atoms with Crippen LogP contribution in [0.15, 0.2) is 48.8 Å². The quantitative estimate of drug-likeness (QED) is 0.629. The molecule has 120 valence electrons. The molecule has 0 atom stereocenters. The van der Waals surface area contributed by atoms with E-state index in [1.54, 1.807) is 42.6 Å². The summed E-state index contributed by atoms with van der Waals surface area (Å²) in [5.41, 5.74) is 1.29. The van der Waals surface area contributed by atoms with Gasteiger partial charge >= 0.3 is 12.0 Å². The summed E-state index contributed by atoms with van der Waals surface area (Å²) in [5.74, 6) is -0.448. The Hall–Kier alpha value is -2.89. The van der Waals surface area contributed by atoms with Crippen LogP contribution in [0, 0.1) is 0 Å². The number of para-hydroxylation sites is 1. The molecule has 1 heterocycles. The summed E-state index contributed by atoms with van der Waals surface area (Å²) in [6.45, 7) is 2.39. The average Bonchev–Trinajstić information content (AvgIpc) is 2.56. The number of carbonyl (C=O) groups excluding carboxylic acids is 2. The van der Waals surface area contributed by atoms with Gasteiger partial charge in [-0.2, -0.15) is 0 Å². The van der Waals surface area contributed by atoms with Crippen LogP contribution in [-0.4, -0.2) is 23.6 Å². The van der Waals surface area contributed by atoms with Crippen LogP contribution in [0.3, 0.4) is 0 Å². The molecule has 0 fully saturated rings. The van der Waals surface area contributed by atoms with Gasteiger partial charge in [-0.3, -0.25) is 4.98 Å². The number of esters is 1. The van der Waals surface area contributed by atoms with E-state index >= 15 is 0 Å². The van der Waals surface area contributed by atoms with Crippen molar-refractivity contribution in [1.82, 2.24) is 4.98 Å². The fourth-order valence-corrected chi connectivity index (χ4v) is 1.88. The van der Waals surface area contributed by atoms with Crippen molar-refractivity contribution in [2.24, 2.45) is 0 Å². The predicted octanol–water partition coefficient (Wildman–Crippen LogP) is 3.68. The molecule has 1 aromatic carbocycles. The molecule has 1 aromatic heterocycles. The van der Waals surface area contributed by atoms with Gasteiger partial charge in [-0.1, -0.05) is 25.5 Å². The van der Waals surface area contributed by atoms with Crippen molar-refractivity contribution in [2.45, 2.75) is 19.8 Å². The maximum absolute atomic E-state index is 12.1. The van der Waals surface area contributed by atoms with Gasteiger partial charge in [0.05, 0.1) is 29.7 Å². The van der Waals surface area contributed by atoms with Crippen molar-refractivity contribution in [3.05, 3.63) is 54.4 Å². The Morgan fingerprint density at radius 2 is 1.96 bits per heavy atom. The summed E-state index contributed by atoms with van der Waals surface area (Å²) in [6, 6.07) is 9.72. The first-order valence-electron chi connectivity index (χ1n) is 7.45. The first-order chi connectivity index (χ1) is 11.2. The zero-order valence-corrected chi connectivity index (χ0v) is 12.9. The van der Waals surface area contributed by atoms with E-state index in [-0.39, 0.29) is 0 Å². The third-order valence-electron chi connectivity index (χ3n) is 3.05. The lowest BCUT2D eigenvalue weighted by atomic mass is 10.2. The van der Waals surface area contributed by atoms with Crippen LogP contribution in [-0.2, 0) is 4.74 Å². The van der Waals surface area contributed by atoms with Crippen LogP contribution in [0.5, 0.6) is 0 Å². The molecule has 0 aliphatic rings. The van der Waals surface area contributed by atoms with E-state index in [4.69, 9.17) is 4.74 Å². The number of urea groups is 1.